The van der Waals surface area contributed by atoms with Crippen LogP contribution in [0, 0.1) is 18.6 Å². The largest absolute Gasteiger partial charge is 0.320 e. The molecular formula is C13H12F2N2. The summed E-state index contributed by atoms with van der Waals surface area (Å²) in [5.41, 5.74) is 7.60. The first-order valence-corrected chi connectivity index (χ1v) is 5.20. The smallest absolute Gasteiger partial charge is 0.141 e. The van der Waals surface area contributed by atoms with Crippen molar-refractivity contribution in [3.63, 3.8) is 0 Å². The maximum absolute atomic E-state index is 13.4. The third-order valence-electron chi connectivity index (χ3n) is 2.64. The van der Waals surface area contributed by atoms with E-state index in [0.29, 0.717) is 16.7 Å². The van der Waals surface area contributed by atoms with Crippen LogP contribution in [-0.4, -0.2) is 4.98 Å². The average molecular weight is 234 g/mol. The third kappa shape index (κ3) is 2.47. The van der Waals surface area contributed by atoms with Crippen molar-refractivity contribution in [1.82, 2.24) is 4.98 Å². The Kier molecular flexibility index (Phi) is 3.15. The van der Waals surface area contributed by atoms with E-state index in [2.05, 4.69) is 4.98 Å². The molecule has 1 aromatic heterocycles. The molecule has 0 saturated carbocycles. The molecule has 0 spiro atoms. The predicted molar refractivity (Wildman–Crippen MR) is 61.4 cm³/mol. The van der Waals surface area contributed by atoms with E-state index in [0.717, 1.165) is 6.20 Å². The Labute approximate surface area is 98.1 Å². The summed E-state index contributed by atoms with van der Waals surface area (Å²) in [7, 11) is 0. The molecule has 4 heteroatoms. The van der Waals surface area contributed by atoms with Crippen molar-refractivity contribution >= 4 is 0 Å². The van der Waals surface area contributed by atoms with Crippen molar-refractivity contribution < 1.29 is 8.78 Å². The van der Waals surface area contributed by atoms with Crippen molar-refractivity contribution in [2.45, 2.75) is 13.0 Å². The molecule has 88 valence electrons. The van der Waals surface area contributed by atoms with Gasteiger partial charge in [-0.25, -0.2) is 8.78 Å². The monoisotopic (exact) mass is 234 g/mol. The lowest BCUT2D eigenvalue weighted by molar-refractivity contribution is 0.610. The van der Waals surface area contributed by atoms with Crippen LogP contribution in [0.15, 0.2) is 36.7 Å². The summed E-state index contributed by atoms with van der Waals surface area (Å²) in [6.45, 7) is 1.67. The molecule has 0 bridgehead atoms. The lowest BCUT2D eigenvalue weighted by atomic mass is 10.00. The summed E-state index contributed by atoms with van der Waals surface area (Å²) in [6.07, 6.45) is 2.58. The molecule has 0 aliphatic carbocycles. The Morgan fingerprint density at radius 2 is 1.88 bits per heavy atom. The van der Waals surface area contributed by atoms with Gasteiger partial charge in [-0.05, 0) is 35.7 Å². The van der Waals surface area contributed by atoms with Gasteiger partial charge in [0.2, 0.25) is 0 Å². The van der Waals surface area contributed by atoms with Gasteiger partial charge in [-0.15, -0.1) is 0 Å². The zero-order chi connectivity index (χ0) is 12.4. The molecule has 2 N–H and O–H groups in total. The molecule has 1 aromatic carbocycles. The Balaban J connectivity index is 2.36. The maximum atomic E-state index is 13.4. The summed E-state index contributed by atoms with van der Waals surface area (Å²) < 4.78 is 26.4. The van der Waals surface area contributed by atoms with Crippen LogP contribution in [0.1, 0.15) is 22.7 Å². The average Bonchev–Trinajstić information content (AvgIpc) is 2.32. The van der Waals surface area contributed by atoms with Gasteiger partial charge in [0.05, 0.1) is 12.2 Å². The third-order valence-corrected chi connectivity index (χ3v) is 2.64. The predicted octanol–water partition coefficient (Wildman–Crippen LogP) is 2.72. The number of halogens is 2. The van der Waals surface area contributed by atoms with Gasteiger partial charge in [-0.3, -0.25) is 4.98 Å². The van der Waals surface area contributed by atoms with Crippen LogP contribution in [0.5, 0.6) is 0 Å². The number of nitrogens with two attached hydrogens (primary N) is 1. The van der Waals surface area contributed by atoms with Gasteiger partial charge in [0.25, 0.3) is 0 Å². The van der Waals surface area contributed by atoms with Gasteiger partial charge < -0.3 is 5.73 Å². The Morgan fingerprint density at radius 3 is 2.53 bits per heavy atom. The number of nitrogens with zero attached hydrogens (tertiary/aromatic N) is 1. The first kappa shape index (κ1) is 11.7. The van der Waals surface area contributed by atoms with E-state index in [-0.39, 0.29) is 5.82 Å². The highest BCUT2D eigenvalue weighted by Gasteiger charge is 2.11. The van der Waals surface area contributed by atoms with Gasteiger partial charge in [0.15, 0.2) is 0 Å². The highest BCUT2D eigenvalue weighted by atomic mass is 19.1. The van der Waals surface area contributed by atoms with Crippen molar-refractivity contribution in [1.29, 1.82) is 0 Å². The van der Waals surface area contributed by atoms with Crippen molar-refractivity contribution in [3.05, 3.63) is 65.0 Å². The van der Waals surface area contributed by atoms with Crippen molar-refractivity contribution in [2.75, 3.05) is 0 Å². The van der Waals surface area contributed by atoms with E-state index in [4.69, 9.17) is 5.73 Å². The summed E-state index contributed by atoms with van der Waals surface area (Å²) in [4.78, 5) is 3.72. The fourth-order valence-corrected chi connectivity index (χ4v) is 1.59. The van der Waals surface area contributed by atoms with Crippen LogP contribution >= 0.6 is 0 Å². The SMILES string of the molecule is Cc1ccc(C(N)c2cncc(F)c2)cc1F. The van der Waals surface area contributed by atoms with E-state index < -0.39 is 11.9 Å². The topological polar surface area (TPSA) is 38.9 Å². The summed E-state index contributed by atoms with van der Waals surface area (Å²) in [5.74, 6) is -0.771. The number of hydrogen-bond acceptors (Lipinski definition) is 2. The maximum Gasteiger partial charge on any atom is 0.141 e. The molecule has 0 saturated heterocycles. The standard InChI is InChI=1S/C13H12F2N2/c1-8-2-3-9(5-12(8)15)13(16)10-4-11(14)7-17-6-10/h2-7,13H,16H2,1H3. The highest BCUT2D eigenvalue weighted by molar-refractivity contribution is 5.32. The zero-order valence-corrected chi connectivity index (χ0v) is 9.32. The molecule has 2 aromatic rings. The molecule has 0 radical (unpaired) electrons. The number of aryl methyl sites for hydroxylation is 1. The lowest BCUT2D eigenvalue weighted by Crippen LogP contribution is -2.12. The second-order valence-corrected chi connectivity index (χ2v) is 3.92. The Hall–Kier alpha value is -1.81. The first-order valence-electron chi connectivity index (χ1n) is 5.20. The highest BCUT2D eigenvalue weighted by Crippen LogP contribution is 2.21. The Bertz CT molecular complexity index is 541. The molecule has 1 atom stereocenters. The molecule has 1 heterocycles. The van der Waals surface area contributed by atoms with E-state index in [1.54, 1.807) is 19.1 Å². The fourth-order valence-electron chi connectivity index (χ4n) is 1.59. The summed E-state index contributed by atoms with van der Waals surface area (Å²) in [5, 5.41) is 0. The molecule has 2 rings (SSSR count). The number of aromatic nitrogens is 1. The quantitative estimate of drug-likeness (QED) is 0.867. The van der Waals surface area contributed by atoms with Crippen LogP contribution in [0.2, 0.25) is 0 Å². The first-order chi connectivity index (χ1) is 8.08. The lowest BCUT2D eigenvalue weighted by Gasteiger charge is -2.12. The minimum atomic E-state index is -0.576. The van der Waals surface area contributed by atoms with E-state index >= 15 is 0 Å². The minimum Gasteiger partial charge on any atom is -0.320 e. The molecule has 0 aliphatic heterocycles. The summed E-state index contributed by atoms with van der Waals surface area (Å²) >= 11 is 0. The van der Waals surface area contributed by atoms with Crippen LogP contribution in [0.4, 0.5) is 8.78 Å². The van der Waals surface area contributed by atoms with Gasteiger partial charge >= 0.3 is 0 Å². The minimum absolute atomic E-state index is 0.317. The second-order valence-electron chi connectivity index (χ2n) is 3.92. The molecular weight excluding hydrogens is 222 g/mol. The molecule has 17 heavy (non-hydrogen) atoms. The normalized spacial score (nSPS) is 12.5. The van der Waals surface area contributed by atoms with Crippen LogP contribution in [0.25, 0.3) is 0 Å². The van der Waals surface area contributed by atoms with Crippen LogP contribution in [-0.2, 0) is 0 Å². The molecule has 0 fully saturated rings. The Morgan fingerprint density at radius 1 is 1.12 bits per heavy atom. The number of rotatable bonds is 2. The number of hydrogen-bond donors (Lipinski definition) is 1. The zero-order valence-electron chi connectivity index (χ0n) is 9.32. The van der Waals surface area contributed by atoms with Gasteiger partial charge in [-0.2, -0.15) is 0 Å². The fraction of sp³-hybridized carbons (Fsp3) is 0.154. The van der Waals surface area contributed by atoms with E-state index in [1.807, 2.05) is 0 Å². The van der Waals surface area contributed by atoms with Gasteiger partial charge in [-0.1, -0.05) is 12.1 Å². The number of pyridine rings is 1. The van der Waals surface area contributed by atoms with Crippen LogP contribution in [0.3, 0.4) is 0 Å². The molecule has 1 unspecified atom stereocenters. The second kappa shape index (κ2) is 4.59. The van der Waals surface area contributed by atoms with Crippen LogP contribution < -0.4 is 5.73 Å². The van der Waals surface area contributed by atoms with Crippen molar-refractivity contribution in [3.8, 4) is 0 Å². The van der Waals surface area contributed by atoms with Gasteiger partial charge in [0, 0.05) is 6.20 Å². The molecule has 0 amide bonds. The van der Waals surface area contributed by atoms with E-state index in [9.17, 15) is 8.78 Å². The number of benzene rings is 1. The molecule has 2 nitrogen and oxygen atoms in total. The van der Waals surface area contributed by atoms with Gasteiger partial charge in [0.1, 0.15) is 11.6 Å². The van der Waals surface area contributed by atoms with Crippen molar-refractivity contribution in [2.24, 2.45) is 5.73 Å². The summed E-state index contributed by atoms with van der Waals surface area (Å²) in [6, 6.07) is 5.47. The van der Waals surface area contributed by atoms with E-state index in [1.165, 1.54) is 18.3 Å². The molecule has 0 aliphatic rings.